The van der Waals surface area contributed by atoms with Crippen LogP contribution in [0.3, 0.4) is 0 Å². The van der Waals surface area contributed by atoms with Crippen LogP contribution < -0.4 is 4.90 Å². The molecular weight excluding hydrogens is 132 g/mol. The second-order valence-electron chi connectivity index (χ2n) is 2.08. The van der Waals surface area contributed by atoms with Gasteiger partial charge in [0.2, 0.25) is 0 Å². The predicted molar refractivity (Wildman–Crippen MR) is 40.0 cm³/mol. The summed E-state index contributed by atoms with van der Waals surface area (Å²) in [4.78, 5) is 6.18. The summed E-state index contributed by atoms with van der Waals surface area (Å²) in [6.45, 7) is 1.95. The lowest BCUT2D eigenvalue weighted by atomic mass is 10.6. The van der Waals surface area contributed by atoms with Crippen molar-refractivity contribution in [2.75, 3.05) is 19.0 Å². The molecule has 0 spiro atoms. The first kappa shape index (κ1) is 6.55. The van der Waals surface area contributed by atoms with Gasteiger partial charge in [0.25, 0.3) is 0 Å². The molecule has 0 aliphatic heterocycles. The van der Waals surface area contributed by atoms with Crippen LogP contribution in [-0.4, -0.2) is 19.1 Å². The van der Waals surface area contributed by atoms with Crippen LogP contribution in [0.2, 0.25) is 0 Å². The highest BCUT2D eigenvalue weighted by atomic mass is 32.1. The van der Waals surface area contributed by atoms with E-state index in [4.69, 9.17) is 0 Å². The quantitative estimate of drug-likeness (QED) is 0.586. The normalized spacial score (nSPS) is 9.67. The number of thiazole rings is 1. The van der Waals surface area contributed by atoms with Crippen molar-refractivity contribution in [2.45, 2.75) is 6.92 Å². The molecule has 0 unspecified atom stereocenters. The number of nitrogens with zero attached hydrogens (tertiary/aromatic N) is 2. The highest BCUT2D eigenvalue weighted by molar-refractivity contribution is 7.13. The van der Waals surface area contributed by atoms with Gasteiger partial charge in [0, 0.05) is 14.1 Å². The molecule has 1 aromatic heterocycles. The van der Waals surface area contributed by atoms with Gasteiger partial charge >= 0.3 is 0 Å². The van der Waals surface area contributed by atoms with E-state index in [0.29, 0.717) is 0 Å². The summed E-state index contributed by atoms with van der Waals surface area (Å²) in [7, 11) is 3.96. The smallest absolute Gasteiger partial charge is 0.185 e. The van der Waals surface area contributed by atoms with Crippen LogP contribution >= 0.6 is 11.3 Å². The van der Waals surface area contributed by atoms with E-state index >= 15 is 0 Å². The molecular formula is C6H9N2S. The van der Waals surface area contributed by atoms with Crippen molar-refractivity contribution in [3.63, 3.8) is 0 Å². The minimum Gasteiger partial charge on any atom is -0.354 e. The van der Waals surface area contributed by atoms with Gasteiger partial charge in [0.1, 0.15) is 0 Å². The molecule has 1 radical (unpaired) electrons. The molecule has 1 heterocycles. The SMILES string of the molecule is Cc1[c]sc(N(C)C)n1. The van der Waals surface area contributed by atoms with Gasteiger partial charge in [-0.15, -0.1) is 0 Å². The maximum absolute atomic E-state index is 4.20. The Kier molecular flexibility index (Phi) is 1.71. The molecule has 1 rings (SSSR count). The maximum Gasteiger partial charge on any atom is 0.185 e. The molecule has 49 valence electrons. The molecule has 9 heavy (non-hydrogen) atoms. The van der Waals surface area contributed by atoms with Crippen molar-refractivity contribution in [3.8, 4) is 0 Å². The molecule has 0 aliphatic carbocycles. The van der Waals surface area contributed by atoms with Gasteiger partial charge in [-0.2, -0.15) is 0 Å². The lowest BCUT2D eigenvalue weighted by Crippen LogP contribution is -2.07. The van der Waals surface area contributed by atoms with Crippen LogP contribution in [0.5, 0.6) is 0 Å². The van der Waals surface area contributed by atoms with Crippen molar-refractivity contribution < 1.29 is 0 Å². The first-order valence-electron chi connectivity index (χ1n) is 2.72. The van der Waals surface area contributed by atoms with Crippen LogP contribution in [0, 0.1) is 12.3 Å². The summed E-state index contributed by atoms with van der Waals surface area (Å²) in [6, 6.07) is 0. The number of hydrogen-bond donors (Lipinski definition) is 0. The number of rotatable bonds is 1. The van der Waals surface area contributed by atoms with E-state index in [1.807, 2.05) is 25.9 Å². The minimum atomic E-state index is 0.976. The van der Waals surface area contributed by atoms with Crippen molar-refractivity contribution >= 4 is 16.5 Å². The fourth-order valence-corrected chi connectivity index (χ4v) is 1.15. The molecule has 0 saturated carbocycles. The Labute approximate surface area is 59.1 Å². The van der Waals surface area contributed by atoms with Crippen molar-refractivity contribution in [2.24, 2.45) is 0 Å². The second kappa shape index (κ2) is 2.35. The molecule has 0 fully saturated rings. The third-order valence-corrected chi connectivity index (χ3v) is 1.97. The van der Waals surface area contributed by atoms with Crippen LogP contribution in [0.4, 0.5) is 5.13 Å². The van der Waals surface area contributed by atoms with Crippen LogP contribution in [0.1, 0.15) is 5.69 Å². The topological polar surface area (TPSA) is 16.1 Å². The lowest BCUT2D eigenvalue weighted by Gasteiger charge is -2.04. The first-order valence-corrected chi connectivity index (χ1v) is 3.54. The highest BCUT2D eigenvalue weighted by Gasteiger charge is 1.97. The summed E-state index contributed by atoms with van der Waals surface area (Å²) < 4.78 is 0. The van der Waals surface area contributed by atoms with E-state index in [-0.39, 0.29) is 0 Å². The predicted octanol–water partition coefficient (Wildman–Crippen LogP) is 1.32. The molecule has 2 nitrogen and oxygen atoms in total. The number of aryl methyl sites for hydroxylation is 1. The zero-order valence-electron chi connectivity index (χ0n) is 5.80. The van der Waals surface area contributed by atoms with E-state index in [1.165, 1.54) is 0 Å². The average molecular weight is 141 g/mol. The van der Waals surface area contributed by atoms with Crippen molar-refractivity contribution in [1.82, 2.24) is 4.98 Å². The van der Waals surface area contributed by atoms with E-state index in [1.54, 1.807) is 11.3 Å². The lowest BCUT2D eigenvalue weighted by molar-refractivity contribution is 1.09. The van der Waals surface area contributed by atoms with Gasteiger partial charge in [-0.1, -0.05) is 11.3 Å². The van der Waals surface area contributed by atoms with Gasteiger partial charge in [0.15, 0.2) is 5.13 Å². The Morgan fingerprint density at radius 1 is 1.56 bits per heavy atom. The summed E-state index contributed by atoms with van der Waals surface area (Å²) in [5.41, 5.74) is 0.976. The Morgan fingerprint density at radius 3 is 2.44 bits per heavy atom. The highest BCUT2D eigenvalue weighted by Crippen LogP contribution is 2.15. The Bertz CT molecular complexity index is 193. The molecule has 0 saturated heterocycles. The number of anilines is 1. The monoisotopic (exact) mass is 141 g/mol. The maximum atomic E-state index is 4.20. The molecule has 0 bridgehead atoms. The van der Waals surface area contributed by atoms with E-state index < -0.39 is 0 Å². The molecule has 0 aromatic carbocycles. The van der Waals surface area contributed by atoms with E-state index in [0.717, 1.165) is 10.8 Å². The average Bonchev–Trinajstić information content (AvgIpc) is 2.14. The summed E-state index contributed by atoms with van der Waals surface area (Å²) >= 11 is 1.55. The summed E-state index contributed by atoms with van der Waals surface area (Å²) in [6.07, 6.45) is 0. The fraction of sp³-hybridized carbons (Fsp3) is 0.500. The van der Waals surface area contributed by atoms with Gasteiger partial charge in [-0.3, -0.25) is 0 Å². The standard InChI is InChI=1S/C6H9N2S/c1-5-4-9-6(7-5)8(2)3/h1-3H3. The zero-order chi connectivity index (χ0) is 6.85. The Balaban J connectivity index is 2.85. The Morgan fingerprint density at radius 2 is 2.22 bits per heavy atom. The third kappa shape index (κ3) is 1.42. The first-order chi connectivity index (χ1) is 4.20. The van der Waals surface area contributed by atoms with Gasteiger partial charge in [-0.25, -0.2) is 4.98 Å². The third-order valence-electron chi connectivity index (χ3n) is 0.936. The van der Waals surface area contributed by atoms with Gasteiger partial charge < -0.3 is 4.90 Å². The largest absolute Gasteiger partial charge is 0.354 e. The number of aromatic nitrogens is 1. The molecule has 0 aliphatic rings. The van der Waals surface area contributed by atoms with Crippen LogP contribution in [-0.2, 0) is 0 Å². The second-order valence-corrected chi connectivity index (χ2v) is 2.85. The van der Waals surface area contributed by atoms with Gasteiger partial charge in [-0.05, 0) is 6.92 Å². The molecule has 1 aromatic rings. The van der Waals surface area contributed by atoms with Crippen molar-refractivity contribution in [3.05, 3.63) is 11.1 Å². The summed E-state index contributed by atoms with van der Waals surface area (Å²) in [5, 5.41) is 4.06. The van der Waals surface area contributed by atoms with E-state index in [2.05, 4.69) is 10.4 Å². The molecule has 0 N–H and O–H groups in total. The zero-order valence-corrected chi connectivity index (χ0v) is 6.62. The van der Waals surface area contributed by atoms with Gasteiger partial charge in [0.05, 0.1) is 11.1 Å². The van der Waals surface area contributed by atoms with Crippen LogP contribution in [0.25, 0.3) is 0 Å². The van der Waals surface area contributed by atoms with Crippen LogP contribution in [0.15, 0.2) is 0 Å². The molecule has 0 amide bonds. The van der Waals surface area contributed by atoms with E-state index in [9.17, 15) is 0 Å². The molecule has 0 atom stereocenters. The summed E-state index contributed by atoms with van der Waals surface area (Å²) in [5.74, 6) is 0. The fourth-order valence-electron chi connectivity index (χ4n) is 0.500. The van der Waals surface area contributed by atoms with Crippen molar-refractivity contribution in [1.29, 1.82) is 0 Å². The Hall–Kier alpha value is -0.570. The minimum absolute atomic E-state index is 0.976. The molecule has 3 heteroatoms. The number of hydrogen-bond acceptors (Lipinski definition) is 3.